The van der Waals surface area contributed by atoms with Gasteiger partial charge in [-0.05, 0) is 31.9 Å². The first-order chi connectivity index (χ1) is 9.15. The highest BCUT2D eigenvalue weighted by atomic mass is 16.5. The molecule has 4 heteroatoms. The van der Waals surface area contributed by atoms with Crippen LogP contribution in [-0.2, 0) is 4.74 Å². The van der Waals surface area contributed by atoms with Crippen LogP contribution in [-0.4, -0.2) is 29.6 Å². The maximum Gasteiger partial charge on any atom is 0.270 e. The second-order valence-electron chi connectivity index (χ2n) is 5.48. The number of rotatable bonds is 2. The molecule has 4 nitrogen and oxygen atoms in total. The maximum absolute atomic E-state index is 12.0. The normalized spacial score (nSPS) is 19.8. The minimum atomic E-state index is -0.247. The number of hydrogen-bond acceptors (Lipinski definition) is 3. The molecule has 1 aliphatic heterocycles. The van der Waals surface area contributed by atoms with E-state index in [1.807, 2.05) is 13.0 Å². The van der Waals surface area contributed by atoms with E-state index in [0.29, 0.717) is 24.8 Å². The van der Waals surface area contributed by atoms with Crippen LogP contribution >= 0.6 is 0 Å². The van der Waals surface area contributed by atoms with Gasteiger partial charge in [0.2, 0.25) is 0 Å². The fraction of sp³-hybridized carbons (Fsp3) is 0.467. The van der Waals surface area contributed by atoms with E-state index in [2.05, 4.69) is 22.1 Å². The molecule has 1 saturated heterocycles. The van der Waals surface area contributed by atoms with Gasteiger partial charge in [-0.3, -0.25) is 4.79 Å². The van der Waals surface area contributed by atoms with E-state index in [-0.39, 0.29) is 11.4 Å². The Morgan fingerprint density at radius 1 is 1.47 bits per heavy atom. The number of nitrogens with zero attached hydrogens (tertiary/aromatic N) is 1. The van der Waals surface area contributed by atoms with Gasteiger partial charge < -0.3 is 10.1 Å². The Kier molecular flexibility index (Phi) is 3.00. The molecular formula is C15H16N2O2. The zero-order valence-electron chi connectivity index (χ0n) is 10.9. The number of amides is 1. The number of hydrogen-bond donors (Lipinski definition) is 1. The molecule has 1 amide bonds. The lowest BCUT2D eigenvalue weighted by molar-refractivity contribution is -0.0594. The van der Waals surface area contributed by atoms with E-state index in [0.717, 1.165) is 5.56 Å². The Bertz CT molecular complexity index is 546. The number of nitrogens with one attached hydrogen (secondary N) is 1. The molecule has 0 spiro atoms. The number of aromatic nitrogens is 1. The molecule has 1 aromatic heterocycles. The summed E-state index contributed by atoms with van der Waals surface area (Å²) >= 11 is 0. The second-order valence-corrected chi connectivity index (χ2v) is 5.48. The summed E-state index contributed by atoms with van der Waals surface area (Å²) in [5.74, 6) is 6.66. The van der Waals surface area contributed by atoms with E-state index >= 15 is 0 Å². The Labute approximate surface area is 112 Å². The highest BCUT2D eigenvalue weighted by Crippen LogP contribution is 2.27. The van der Waals surface area contributed by atoms with Crippen LogP contribution in [0.5, 0.6) is 0 Å². The monoisotopic (exact) mass is 256 g/mol. The SMILES string of the molecule is CC1(NC(=O)c2ccc(C#CC3CC3)cn2)COC1. The van der Waals surface area contributed by atoms with Crippen molar-refractivity contribution in [3.63, 3.8) is 0 Å². The zero-order valence-corrected chi connectivity index (χ0v) is 10.9. The average Bonchev–Trinajstić information content (AvgIpc) is 3.19. The van der Waals surface area contributed by atoms with Crippen molar-refractivity contribution in [1.29, 1.82) is 0 Å². The lowest BCUT2D eigenvalue weighted by atomic mass is 10.0. The molecule has 3 rings (SSSR count). The highest BCUT2D eigenvalue weighted by Gasteiger charge is 2.35. The molecule has 0 radical (unpaired) electrons. The number of ether oxygens (including phenoxy) is 1. The van der Waals surface area contributed by atoms with Gasteiger partial charge >= 0.3 is 0 Å². The van der Waals surface area contributed by atoms with Crippen LogP contribution < -0.4 is 5.32 Å². The van der Waals surface area contributed by atoms with Crippen molar-refractivity contribution in [1.82, 2.24) is 10.3 Å². The summed E-state index contributed by atoms with van der Waals surface area (Å²) in [6.45, 7) is 3.08. The summed E-state index contributed by atoms with van der Waals surface area (Å²) in [4.78, 5) is 16.1. The van der Waals surface area contributed by atoms with Crippen LogP contribution in [0.15, 0.2) is 18.3 Å². The second kappa shape index (κ2) is 4.67. The number of carbonyl (C=O) groups is 1. The third-order valence-corrected chi connectivity index (χ3v) is 3.25. The van der Waals surface area contributed by atoms with Gasteiger partial charge in [0.15, 0.2) is 0 Å². The standard InChI is InChI=1S/C15H16N2O2/c1-15(9-19-10-15)17-14(18)13-7-6-12(8-16-13)5-4-11-2-3-11/h6-8,11H,2-3,9-10H2,1H3,(H,17,18). The van der Waals surface area contributed by atoms with Crippen LogP contribution in [0.25, 0.3) is 0 Å². The topological polar surface area (TPSA) is 51.2 Å². The minimum absolute atomic E-state index is 0.160. The van der Waals surface area contributed by atoms with Crippen LogP contribution in [0.3, 0.4) is 0 Å². The van der Waals surface area contributed by atoms with Crippen molar-refractivity contribution in [2.45, 2.75) is 25.3 Å². The van der Waals surface area contributed by atoms with Crippen LogP contribution in [0.4, 0.5) is 0 Å². The zero-order chi connectivity index (χ0) is 13.3. The molecule has 1 aliphatic carbocycles. The summed E-state index contributed by atoms with van der Waals surface area (Å²) in [5.41, 5.74) is 1.04. The Balaban J connectivity index is 1.64. The summed E-state index contributed by atoms with van der Waals surface area (Å²) in [6, 6.07) is 3.56. The molecule has 98 valence electrons. The molecule has 1 saturated carbocycles. The lowest BCUT2D eigenvalue weighted by Gasteiger charge is -2.38. The van der Waals surface area contributed by atoms with Crippen molar-refractivity contribution >= 4 is 5.91 Å². The first kappa shape index (κ1) is 12.2. The van der Waals surface area contributed by atoms with E-state index in [9.17, 15) is 4.79 Å². The maximum atomic E-state index is 12.0. The van der Waals surface area contributed by atoms with Crippen molar-refractivity contribution in [2.24, 2.45) is 5.92 Å². The van der Waals surface area contributed by atoms with E-state index in [1.54, 1.807) is 12.3 Å². The molecule has 2 heterocycles. The third kappa shape index (κ3) is 2.94. The Morgan fingerprint density at radius 3 is 2.79 bits per heavy atom. The third-order valence-electron chi connectivity index (χ3n) is 3.25. The molecule has 0 bridgehead atoms. The summed E-state index contributed by atoms with van der Waals surface area (Å²) in [7, 11) is 0. The molecule has 1 N–H and O–H groups in total. The predicted octanol–water partition coefficient (Wildman–Crippen LogP) is 1.36. The van der Waals surface area contributed by atoms with E-state index in [1.165, 1.54) is 12.8 Å². The van der Waals surface area contributed by atoms with Crippen LogP contribution in [0.1, 0.15) is 35.8 Å². The van der Waals surface area contributed by atoms with Crippen LogP contribution in [0.2, 0.25) is 0 Å². The summed E-state index contributed by atoms with van der Waals surface area (Å²) in [5, 5.41) is 2.93. The van der Waals surface area contributed by atoms with Crippen LogP contribution in [0, 0.1) is 17.8 Å². The minimum Gasteiger partial charge on any atom is -0.376 e. The molecular weight excluding hydrogens is 240 g/mol. The van der Waals surface area contributed by atoms with E-state index < -0.39 is 0 Å². The van der Waals surface area contributed by atoms with Gasteiger partial charge in [0.05, 0.1) is 18.8 Å². The fourth-order valence-corrected chi connectivity index (χ4v) is 1.83. The number of pyridine rings is 1. The summed E-state index contributed by atoms with van der Waals surface area (Å²) in [6.07, 6.45) is 4.08. The molecule has 0 unspecified atom stereocenters. The smallest absolute Gasteiger partial charge is 0.270 e. The lowest BCUT2D eigenvalue weighted by Crippen LogP contribution is -2.60. The Morgan fingerprint density at radius 2 is 2.26 bits per heavy atom. The van der Waals surface area contributed by atoms with Gasteiger partial charge in [0, 0.05) is 17.7 Å². The van der Waals surface area contributed by atoms with Gasteiger partial charge in [-0.25, -0.2) is 4.98 Å². The predicted molar refractivity (Wildman–Crippen MR) is 70.5 cm³/mol. The first-order valence-electron chi connectivity index (χ1n) is 6.52. The van der Waals surface area contributed by atoms with Gasteiger partial charge in [-0.1, -0.05) is 11.8 Å². The van der Waals surface area contributed by atoms with Gasteiger partial charge in [0.1, 0.15) is 5.69 Å². The molecule has 2 aliphatic rings. The quantitative estimate of drug-likeness (QED) is 0.813. The Hall–Kier alpha value is -1.86. The van der Waals surface area contributed by atoms with Crippen molar-refractivity contribution in [3.05, 3.63) is 29.6 Å². The molecule has 0 aromatic carbocycles. The largest absolute Gasteiger partial charge is 0.376 e. The first-order valence-corrected chi connectivity index (χ1v) is 6.52. The fourth-order valence-electron chi connectivity index (χ4n) is 1.83. The highest BCUT2D eigenvalue weighted by molar-refractivity contribution is 5.92. The van der Waals surface area contributed by atoms with Gasteiger partial charge in [-0.2, -0.15) is 0 Å². The van der Waals surface area contributed by atoms with Gasteiger partial charge in [0.25, 0.3) is 5.91 Å². The van der Waals surface area contributed by atoms with Crippen molar-refractivity contribution in [2.75, 3.05) is 13.2 Å². The molecule has 0 atom stereocenters. The number of carbonyl (C=O) groups excluding carboxylic acids is 1. The van der Waals surface area contributed by atoms with Gasteiger partial charge in [-0.15, -0.1) is 0 Å². The summed E-state index contributed by atoms with van der Waals surface area (Å²) < 4.78 is 5.10. The average molecular weight is 256 g/mol. The molecule has 19 heavy (non-hydrogen) atoms. The molecule has 1 aromatic rings. The molecule has 2 fully saturated rings. The van der Waals surface area contributed by atoms with Crippen molar-refractivity contribution in [3.8, 4) is 11.8 Å². The van der Waals surface area contributed by atoms with Crippen molar-refractivity contribution < 1.29 is 9.53 Å². The van der Waals surface area contributed by atoms with E-state index in [4.69, 9.17) is 4.74 Å².